The van der Waals surface area contributed by atoms with Crippen molar-refractivity contribution in [2.75, 3.05) is 33.4 Å². The molecular formula is C25H28ClN3O3. The van der Waals surface area contributed by atoms with Gasteiger partial charge < -0.3 is 19.3 Å². The van der Waals surface area contributed by atoms with Crippen molar-refractivity contribution in [1.29, 1.82) is 0 Å². The van der Waals surface area contributed by atoms with Crippen LogP contribution in [-0.4, -0.2) is 58.7 Å². The zero-order chi connectivity index (χ0) is 22.6. The Hall–Kier alpha value is -2.54. The number of benzene rings is 2. The van der Waals surface area contributed by atoms with Gasteiger partial charge in [0, 0.05) is 67.7 Å². The molecule has 2 aliphatic heterocycles. The van der Waals surface area contributed by atoms with Gasteiger partial charge in [-0.25, -0.2) is 0 Å². The second-order valence-corrected chi connectivity index (χ2v) is 9.54. The Morgan fingerprint density at radius 2 is 1.91 bits per heavy atom. The smallest absolute Gasteiger partial charge is 0.220 e. The van der Waals surface area contributed by atoms with E-state index in [1.54, 1.807) is 14.0 Å². The number of hydrogen-bond acceptors (Lipinski definition) is 4. The van der Waals surface area contributed by atoms with Gasteiger partial charge in [-0.2, -0.15) is 0 Å². The van der Waals surface area contributed by atoms with Crippen LogP contribution < -0.4 is 4.74 Å². The molecule has 3 aromatic rings. The summed E-state index contributed by atoms with van der Waals surface area (Å²) in [6.45, 7) is 4.67. The highest BCUT2D eigenvalue weighted by Gasteiger charge is 2.53. The molecular weight excluding hydrogens is 426 g/mol. The van der Waals surface area contributed by atoms with Gasteiger partial charge in [0.1, 0.15) is 5.75 Å². The van der Waals surface area contributed by atoms with E-state index in [1.165, 1.54) is 16.5 Å². The van der Waals surface area contributed by atoms with Crippen LogP contribution in [0.2, 0.25) is 5.02 Å². The molecule has 0 unspecified atom stereocenters. The van der Waals surface area contributed by atoms with E-state index in [9.17, 15) is 9.90 Å². The summed E-state index contributed by atoms with van der Waals surface area (Å²) in [6.07, 6.45) is 0. The van der Waals surface area contributed by atoms with E-state index in [0.717, 1.165) is 41.6 Å². The number of rotatable bonds is 4. The summed E-state index contributed by atoms with van der Waals surface area (Å²) in [6, 6.07) is 13.8. The molecule has 1 amide bonds. The van der Waals surface area contributed by atoms with Gasteiger partial charge in [-0.05, 0) is 35.4 Å². The van der Waals surface area contributed by atoms with Crippen LogP contribution in [0.3, 0.4) is 0 Å². The zero-order valence-corrected chi connectivity index (χ0v) is 19.4. The number of methoxy groups -OCH3 is 1. The van der Waals surface area contributed by atoms with E-state index in [4.69, 9.17) is 16.3 Å². The van der Waals surface area contributed by atoms with Crippen molar-refractivity contribution < 1.29 is 14.6 Å². The second kappa shape index (κ2) is 7.80. The molecule has 6 nitrogen and oxygen atoms in total. The molecule has 32 heavy (non-hydrogen) atoms. The van der Waals surface area contributed by atoms with Crippen molar-refractivity contribution in [2.24, 2.45) is 7.05 Å². The van der Waals surface area contributed by atoms with Gasteiger partial charge >= 0.3 is 0 Å². The van der Waals surface area contributed by atoms with Gasteiger partial charge in [0.2, 0.25) is 5.91 Å². The molecule has 1 fully saturated rings. The predicted octanol–water partition coefficient (Wildman–Crippen LogP) is 3.49. The second-order valence-electron chi connectivity index (χ2n) is 9.10. The quantitative estimate of drug-likeness (QED) is 0.657. The van der Waals surface area contributed by atoms with Crippen molar-refractivity contribution >= 4 is 28.4 Å². The van der Waals surface area contributed by atoms with Crippen LogP contribution in [-0.2, 0) is 23.8 Å². The van der Waals surface area contributed by atoms with E-state index in [-0.39, 0.29) is 24.0 Å². The standard InChI is InChI=1S/C25H28ClN3O3/c1-16(31)29-15-25(13-28(14-25)11-17-4-6-18(26)7-5-17)23-20-9-8-19(32-3)10-21(20)27(2)24(23)22(29)12-30/h4-10,22,30H,11-15H2,1-3H3/t22-/m0/s1. The summed E-state index contributed by atoms with van der Waals surface area (Å²) in [5.41, 5.74) is 4.42. The summed E-state index contributed by atoms with van der Waals surface area (Å²) >= 11 is 6.04. The number of fused-ring (bicyclic) bond motifs is 4. The Morgan fingerprint density at radius 1 is 1.19 bits per heavy atom. The minimum atomic E-state index is -0.346. The van der Waals surface area contributed by atoms with Gasteiger partial charge in [-0.3, -0.25) is 9.69 Å². The molecule has 0 saturated carbocycles. The fourth-order valence-corrected chi connectivity index (χ4v) is 5.84. The number of carbonyl (C=O) groups is 1. The van der Waals surface area contributed by atoms with E-state index in [1.807, 2.05) is 36.2 Å². The molecule has 2 aliphatic rings. The third-order valence-electron chi connectivity index (χ3n) is 7.10. The number of hydrogen-bond donors (Lipinski definition) is 1. The Morgan fingerprint density at radius 3 is 2.53 bits per heavy atom. The number of aliphatic hydroxyl groups is 1. The number of carbonyl (C=O) groups excluding carboxylic acids is 1. The van der Waals surface area contributed by atoms with Gasteiger partial charge in [0.25, 0.3) is 0 Å². The first-order valence-electron chi connectivity index (χ1n) is 10.9. The fraction of sp³-hybridized carbons (Fsp3) is 0.400. The molecule has 0 aliphatic carbocycles. The van der Waals surface area contributed by atoms with Gasteiger partial charge in [0.15, 0.2) is 0 Å². The molecule has 5 rings (SSSR count). The van der Waals surface area contributed by atoms with Crippen molar-refractivity contribution in [3.05, 3.63) is 64.3 Å². The van der Waals surface area contributed by atoms with E-state index < -0.39 is 0 Å². The maximum absolute atomic E-state index is 12.6. The summed E-state index contributed by atoms with van der Waals surface area (Å²) in [4.78, 5) is 16.9. The highest BCUT2D eigenvalue weighted by molar-refractivity contribution is 6.30. The summed E-state index contributed by atoms with van der Waals surface area (Å²) < 4.78 is 7.59. The summed E-state index contributed by atoms with van der Waals surface area (Å²) in [5, 5.41) is 12.2. The van der Waals surface area contributed by atoms with Gasteiger partial charge in [-0.1, -0.05) is 23.7 Å². The SMILES string of the molecule is COc1ccc2c3c(n(C)c2c1)[C@H](CO)N(C(C)=O)CC31CN(Cc2ccc(Cl)cc2)C1. The number of nitrogens with zero attached hydrogens (tertiary/aromatic N) is 3. The molecule has 7 heteroatoms. The molecule has 2 aromatic carbocycles. The van der Waals surface area contributed by atoms with E-state index in [0.29, 0.717) is 6.54 Å². The molecule has 1 spiro atoms. The van der Waals surface area contributed by atoms with Crippen molar-refractivity contribution in [2.45, 2.75) is 24.9 Å². The number of halogens is 1. The highest BCUT2D eigenvalue weighted by Crippen LogP contribution is 2.49. The van der Waals surface area contributed by atoms with E-state index >= 15 is 0 Å². The molecule has 0 bridgehead atoms. The number of aryl methyl sites for hydroxylation is 1. The zero-order valence-electron chi connectivity index (χ0n) is 18.6. The number of likely N-dealkylation sites (tertiary alicyclic amines) is 1. The van der Waals surface area contributed by atoms with Crippen molar-refractivity contribution in [1.82, 2.24) is 14.4 Å². The van der Waals surface area contributed by atoms with Crippen LogP contribution in [0.4, 0.5) is 0 Å². The number of ether oxygens (including phenoxy) is 1. The lowest BCUT2D eigenvalue weighted by molar-refractivity contribution is -0.136. The number of aromatic nitrogens is 1. The molecule has 1 saturated heterocycles. The van der Waals surface area contributed by atoms with Crippen LogP contribution >= 0.6 is 11.6 Å². The lowest BCUT2D eigenvalue weighted by atomic mass is 9.68. The first-order valence-corrected chi connectivity index (χ1v) is 11.3. The Bertz CT molecular complexity index is 1180. The topological polar surface area (TPSA) is 57.9 Å². The Kier molecular flexibility index (Phi) is 5.19. The summed E-state index contributed by atoms with van der Waals surface area (Å²) in [7, 11) is 3.69. The van der Waals surface area contributed by atoms with Crippen molar-refractivity contribution in [3.63, 3.8) is 0 Å². The predicted molar refractivity (Wildman–Crippen MR) is 125 cm³/mol. The fourth-order valence-electron chi connectivity index (χ4n) is 5.72. The van der Waals surface area contributed by atoms with Crippen LogP contribution in [0.25, 0.3) is 10.9 Å². The van der Waals surface area contributed by atoms with E-state index in [2.05, 4.69) is 27.7 Å². The number of amides is 1. The third-order valence-corrected chi connectivity index (χ3v) is 7.35. The van der Waals surface area contributed by atoms with Crippen LogP contribution in [0.5, 0.6) is 5.75 Å². The molecule has 1 atom stereocenters. The maximum atomic E-state index is 12.6. The summed E-state index contributed by atoms with van der Waals surface area (Å²) in [5.74, 6) is 0.791. The van der Waals surface area contributed by atoms with Gasteiger partial charge in [0.05, 0.1) is 25.3 Å². The van der Waals surface area contributed by atoms with Crippen LogP contribution in [0.15, 0.2) is 42.5 Å². The molecule has 1 aromatic heterocycles. The largest absolute Gasteiger partial charge is 0.497 e. The minimum absolute atomic E-state index is 0.00642. The van der Waals surface area contributed by atoms with Crippen LogP contribution in [0, 0.1) is 0 Å². The van der Waals surface area contributed by atoms with Crippen LogP contribution in [0.1, 0.15) is 29.8 Å². The normalized spacial score (nSPS) is 19.8. The highest BCUT2D eigenvalue weighted by atomic mass is 35.5. The Balaban J connectivity index is 1.58. The number of aliphatic hydroxyl groups excluding tert-OH is 1. The minimum Gasteiger partial charge on any atom is -0.497 e. The third kappa shape index (κ3) is 3.20. The average Bonchev–Trinajstić information content (AvgIpc) is 3.06. The lowest BCUT2D eigenvalue weighted by Gasteiger charge is -2.56. The average molecular weight is 454 g/mol. The Labute approximate surface area is 192 Å². The molecule has 3 heterocycles. The monoisotopic (exact) mass is 453 g/mol. The molecule has 168 valence electrons. The molecule has 0 radical (unpaired) electrons. The first-order chi connectivity index (χ1) is 15.4. The first kappa shape index (κ1) is 21.3. The van der Waals surface area contributed by atoms with Gasteiger partial charge in [-0.15, -0.1) is 0 Å². The maximum Gasteiger partial charge on any atom is 0.220 e. The van der Waals surface area contributed by atoms with Crippen molar-refractivity contribution in [3.8, 4) is 5.75 Å². The molecule has 1 N–H and O–H groups in total. The lowest BCUT2D eigenvalue weighted by Crippen LogP contribution is -2.66.